The largest absolute Gasteiger partial charge is 0.508 e. The second-order valence-electron chi connectivity index (χ2n) is 9.40. The Bertz CT molecular complexity index is 1600. The molecule has 0 aromatic carbocycles. The van der Waals surface area contributed by atoms with Gasteiger partial charge in [0.15, 0.2) is 0 Å². The molecule has 0 saturated heterocycles. The monoisotopic (exact) mass is 588 g/mol. The smallest absolute Gasteiger partial charge is 0.122 e. The molecule has 0 unspecified atom stereocenters. The second-order valence-corrected chi connectivity index (χ2v) is 9.40. The first kappa shape index (κ1) is 31.0. The van der Waals surface area contributed by atoms with Crippen LogP contribution in [0.2, 0.25) is 0 Å². The third-order valence-electron chi connectivity index (χ3n) is 6.04. The van der Waals surface area contributed by atoms with Crippen LogP contribution in [0, 0.1) is 13.8 Å². The van der Waals surface area contributed by atoms with E-state index in [1.807, 2.05) is 48.8 Å². The minimum absolute atomic E-state index is 0.125. The van der Waals surface area contributed by atoms with Gasteiger partial charge >= 0.3 is 0 Å². The van der Waals surface area contributed by atoms with E-state index in [0.29, 0.717) is 11.4 Å². The molecule has 0 bridgehead atoms. The Morgan fingerprint density at radius 3 is 1.02 bits per heavy atom. The van der Waals surface area contributed by atoms with E-state index < -0.39 is 0 Å². The third-order valence-corrected chi connectivity index (χ3v) is 6.04. The van der Waals surface area contributed by atoms with Crippen molar-refractivity contribution in [3.63, 3.8) is 0 Å². The number of hydrogen-bond acceptors (Lipinski definition) is 10. The summed E-state index contributed by atoms with van der Waals surface area (Å²) in [5.74, 6) is 1.77. The minimum Gasteiger partial charge on any atom is -0.508 e. The molecule has 6 aromatic heterocycles. The Balaban J connectivity index is 0.000000151. The van der Waals surface area contributed by atoms with Gasteiger partial charge in [-0.25, -0.2) is 0 Å². The molecule has 0 saturated carbocycles. The Labute approximate surface area is 255 Å². The van der Waals surface area contributed by atoms with Gasteiger partial charge < -0.3 is 19.7 Å². The van der Waals surface area contributed by atoms with Crippen LogP contribution >= 0.6 is 0 Å². The van der Waals surface area contributed by atoms with Crippen molar-refractivity contribution in [2.24, 2.45) is 0 Å². The zero-order chi connectivity index (χ0) is 31.3. The van der Waals surface area contributed by atoms with Crippen LogP contribution in [0.1, 0.15) is 11.1 Å². The lowest BCUT2D eigenvalue weighted by atomic mass is 10.1. The summed E-state index contributed by atoms with van der Waals surface area (Å²) in [4.78, 5) is 25.1. The van der Waals surface area contributed by atoms with Gasteiger partial charge in [0.05, 0.1) is 48.4 Å². The number of aromatic nitrogens is 6. The Morgan fingerprint density at radius 2 is 0.705 bits per heavy atom. The molecule has 222 valence electrons. The quantitative estimate of drug-likeness (QED) is 0.230. The van der Waals surface area contributed by atoms with Crippen molar-refractivity contribution in [1.82, 2.24) is 29.9 Å². The van der Waals surface area contributed by atoms with Crippen LogP contribution in [-0.2, 0) is 0 Å². The van der Waals surface area contributed by atoms with Crippen molar-refractivity contribution < 1.29 is 19.7 Å². The number of rotatable bonds is 5. The van der Waals surface area contributed by atoms with Crippen molar-refractivity contribution in [3.05, 3.63) is 121 Å². The zero-order valence-electron chi connectivity index (χ0n) is 24.8. The van der Waals surface area contributed by atoms with E-state index in [1.54, 1.807) is 38.7 Å². The average molecular weight is 589 g/mol. The molecule has 0 fully saturated rings. The minimum atomic E-state index is 0.125. The first-order chi connectivity index (χ1) is 21.3. The van der Waals surface area contributed by atoms with E-state index in [2.05, 4.69) is 43.8 Å². The molecule has 0 spiro atoms. The lowest BCUT2D eigenvalue weighted by Gasteiger charge is -2.04. The SMILES string of the molecule is COc1ccnc(-c2cc(OC)ccn2)c1.Cc1ccnc(-c2cc(C)ccn2)c1.Oc1ccnc(-c2cc(O)ccn2)c1. The van der Waals surface area contributed by atoms with Crippen molar-refractivity contribution in [1.29, 1.82) is 0 Å². The number of methoxy groups -OCH3 is 2. The lowest BCUT2D eigenvalue weighted by Crippen LogP contribution is -1.90. The van der Waals surface area contributed by atoms with Gasteiger partial charge in [-0.1, -0.05) is 0 Å². The van der Waals surface area contributed by atoms with Gasteiger partial charge in [0, 0.05) is 61.4 Å². The first-order valence-electron chi connectivity index (χ1n) is 13.5. The molecule has 0 atom stereocenters. The van der Waals surface area contributed by atoms with E-state index in [0.717, 1.165) is 34.3 Å². The van der Waals surface area contributed by atoms with Gasteiger partial charge in [0.1, 0.15) is 23.0 Å². The number of hydrogen-bond donors (Lipinski definition) is 2. The molecule has 6 aromatic rings. The molecule has 0 aliphatic heterocycles. The van der Waals surface area contributed by atoms with Crippen LogP contribution in [0.15, 0.2) is 110 Å². The number of pyridine rings is 6. The van der Waals surface area contributed by atoms with Crippen molar-refractivity contribution in [2.45, 2.75) is 13.8 Å². The summed E-state index contributed by atoms with van der Waals surface area (Å²) in [7, 11) is 3.25. The van der Waals surface area contributed by atoms with E-state index in [4.69, 9.17) is 9.47 Å². The number of aromatic hydroxyl groups is 2. The molecule has 10 heteroatoms. The van der Waals surface area contributed by atoms with E-state index in [1.165, 1.54) is 47.8 Å². The molecule has 2 N–H and O–H groups in total. The maximum absolute atomic E-state index is 9.21. The predicted molar refractivity (Wildman–Crippen MR) is 168 cm³/mol. The average Bonchev–Trinajstić information content (AvgIpc) is 3.05. The van der Waals surface area contributed by atoms with Crippen LogP contribution < -0.4 is 9.47 Å². The summed E-state index contributed by atoms with van der Waals surface area (Å²) in [5.41, 5.74) is 6.87. The fourth-order valence-electron chi connectivity index (χ4n) is 3.83. The zero-order valence-corrected chi connectivity index (χ0v) is 24.8. The third kappa shape index (κ3) is 9.05. The summed E-state index contributed by atoms with van der Waals surface area (Å²) in [6, 6.07) is 21.3. The molecule has 44 heavy (non-hydrogen) atoms. The van der Waals surface area contributed by atoms with Gasteiger partial charge in [-0.05, 0) is 73.5 Å². The molecule has 0 amide bonds. The van der Waals surface area contributed by atoms with Gasteiger partial charge in [-0.2, -0.15) is 0 Å². The fourth-order valence-corrected chi connectivity index (χ4v) is 3.83. The first-order valence-corrected chi connectivity index (χ1v) is 13.5. The molecule has 0 aliphatic carbocycles. The van der Waals surface area contributed by atoms with Crippen molar-refractivity contribution in [2.75, 3.05) is 14.2 Å². The van der Waals surface area contributed by atoms with Crippen LogP contribution in [0.5, 0.6) is 23.0 Å². The maximum atomic E-state index is 9.21. The second kappa shape index (κ2) is 15.4. The van der Waals surface area contributed by atoms with Crippen LogP contribution in [0.4, 0.5) is 0 Å². The number of nitrogens with zero attached hydrogens (tertiary/aromatic N) is 6. The maximum Gasteiger partial charge on any atom is 0.122 e. The summed E-state index contributed by atoms with van der Waals surface area (Å²) in [5, 5.41) is 18.4. The highest BCUT2D eigenvalue weighted by atomic mass is 16.5. The Hall–Kier alpha value is -5.90. The Morgan fingerprint density at radius 1 is 0.409 bits per heavy atom. The summed E-state index contributed by atoms with van der Waals surface area (Å²) >= 11 is 0. The van der Waals surface area contributed by atoms with Crippen LogP contribution in [0.25, 0.3) is 34.2 Å². The molecular weight excluding hydrogens is 556 g/mol. The fraction of sp³-hybridized carbons (Fsp3) is 0.118. The molecule has 10 nitrogen and oxygen atoms in total. The van der Waals surface area contributed by atoms with E-state index in [-0.39, 0.29) is 11.5 Å². The van der Waals surface area contributed by atoms with Crippen LogP contribution in [0.3, 0.4) is 0 Å². The summed E-state index contributed by atoms with van der Waals surface area (Å²) in [6.07, 6.45) is 9.97. The van der Waals surface area contributed by atoms with Gasteiger partial charge in [0.2, 0.25) is 0 Å². The van der Waals surface area contributed by atoms with E-state index >= 15 is 0 Å². The predicted octanol–water partition coefficient (Wildman–Crippen LogP) is 6.48. The molecule has 0 aliphatic rings. The molecular formula is C34H32N6O4. The van der Waals surface area contributed by atoms with Crippen molar-refractivity contribution in [3.8, 4) is 57.2 Å². The highest BCUT2D eigenvalue weighted by Crippen LogP contribution is 2.23. The molecule has 6 heterocycles. The van der Waals surface area contributed by atoms with Crippen molar-refractivity contribution >= 4 is 0 Å². The number of aryl methyl sites for hydroxylation is 2. The van der Waals surface area contributed by atoms with Gasteiger partial charge in [0.25, 0.3) is 0 Å². The highest BCUT2D eigenvalue weighted by Gasteiger charge is 2.04. The van der Waals surface area contributed by atoms with Gasteiger partial charge in [-0.3, -0.25) is 29.9 Å². The normalized spacial score (nSPS) is 10.0. The molecule has 6 rings (SSSR count). The molecule has 0 radical (unpaired) electrons. The Kier molecular flexibility index (Phi) is 10.8. The van der Waals surface area contributed by atoms with Gasteiger partial charge in [-0.15, -0.1) is 0 Å². The topological polar surface area (TPSA) is 136 Å². The summed E-state index contributed by atoms with van der Waals surface area (Å²) < 4.78 is 10.3. The summed E-state index contributed by atoms with van der Waals surface area (Å²) in [6.45, 7) is 4.11. The lowest BCUT2D eigenvalue weighted by molar-refractivity contribution is 0.413. The van der Waals surface area contributed by atoms with E-state index in [9.17, 15) is 10.2 Å². The number of ether oxygens (including phenoxy) is 2. The standard InChI is InChI=1S/C12H12N2O2.C12H12N2.C10H8N2O2/c1-15-9-3-5-13-11(7-9)12-8-10(16-2)4-6-14-12;1-9-3-5-13-11(7-9)12-8-10(2)4-6-14-12;13-7-1-3-11-9(5-7)10-6-8(14)2-4-12-10/h3-8H,1-2H3;3-8H,1-2H3;1-6H,(H,11,13)(H,12,14). The highest BCUT2D eigenvalue weighted by molar-refractivity contribution is 5.58. The van der Waals surface area contributed by atoms with Crippen LogP contribution in [-0.4, -0.2) is 54.3 Å².